The van der Waals surface area contributed by atoms with E-state index in [2.05, 4.69) is 39.6 Å². The van der Waals surface area contributed by atoms with Crippen LogP contribution in [0.2, 0.25) is 19.6 Å². The molecule has 0 saturated carbocycles. The third-order valence-electron chi connectivity index (χ3n) is 2.29. The smallest absolute Gasteiger partial charge is 0.0720 e. The summed E-state index contributed by atoms with van der Waals surface area (Å²) >= 11 is 0. The van der Waals surface area contributed by atoms with Crippen LogP contribution in [-0.4, -0.2) is 8.07 Å². The summed E-state index contributed by atoms with van der Waals surface area (Å²) in [6.07, 6.45) is 7.73. The number of unbranched alkanes of at least 4 members (excludes halogenated alkanes) is 2. The van der Waals surface area contributed by atoms with Gasteiger partial charge in [0.15, 0.2) is 0 Å². The lowest BCUT2D eigenvalue weighted by molar-refractivity contribution is 0.810. The summed E-state index contributed by atoms with van der Waals surface area (Å²) in [5.41, 5.74) is 0. The molecule has 0 aliphatic heterocycles. The molecule has 0 bridgehead atoms. The van der Waals surface area contributed by atoms with Crippen molar-refractivity contribution >= 4 is 8.07 Å². The first kappa shape index (κ1) is 12.0. The zero-order chi connectivity index (χ0) is 9.61. The van der Waals surface area contributed by atoms with Crippen LogP contribution in [0.3, 0.4) is 0 Å². The molecule has 0 aliphatic rings. The molecule has 72 valence electrons. The number of allylic oxidation sites excluding steroid dienone is 2. The molecule has 0 rings (SSSR count). The zero-order valence-electron chi connectivity index (χ0n) is 9.41. The van der Waals surface area contributed by atoms with E-state index in [-0.39, 0.29) is 0 Å². The Kier molecular flexibility index (Phi) is 5.56. The molecule has 0 aromatic rings. The van der Waals surface area contributed by atoms with E-state index in [9.17, 15) is 0 Å². The minimum Gasteiger partial charge on any atom is -0.0892 e. The van der Waals surface area contributed by atoms with Crippen LogP contribution < -0.4 is 0 Å². The molecule has 0 fully saturated rings. The van der Waals surface area contributed by atoms with Crippen molar-refractivity contribution in [3.8, 4) is 0 Å². The van der Waals surface area contributed by atoms with Gasteiger partial charge >= 0.3 is 0 Å². The first-order valence-electron chi connectivity index (χ1n) is 5.21. The SMILES string of the molecule is CCCC/C=C(/CC)[Si](C)(C)C. The molecule has 0 spiro atoms. The van der Waals surface area contributed by atoms with Crippen molar-refractivity contribution in [2.24, 2.45) is 0 Å². The average Bonchev–Trinajstić information content (AvgIpc) is 1.95. The Morgan fingerprint density at radius 3 is 2.08 bits per heavy atom. The number of rotatable bonds is 5. The summed E-state index contributed by atoms with van der Waals surface area (Å²) in [5, 5.41) is 1.75. The van der Waals surface area contributed by atoms with Crippen LogP contribution in [0.25, 0.3) is 0 Å². The van der Waals surface area contributed by atoms with Gasteiger partial charge in [-0.3, -0.25) is 0 Å². The molecule has 0 aliphatic carbocycles. The van der Waals surface area contributed by atoms with Gasteiger partial charge < -0.3 is 0 Å². The van der Waals surface area contributed by atoms with E-state index in [1.54, 1.807) is 5.20 Å². The van der Waals surface area contributed by atoms with Gasteiger partial charge in [0.2, 0.25) is 0 Å². The molecule has 12 heavy (non-hydrogen) atoms. The summed E-state index contributed by atoms with van der Waals surface area (Å²) in [4.78, 5) is 0. The average molecular weight is 184 g/mol. The van der Waals surface area contributed by atoms with Crippen LogP contribution in [0.15, 0.2) is 11.3 Å². The lowest BCUT2D eigenvalue weighted by Gasteiger charge is -2.19. The standard InChI is InChI=1S/C11H24Si/c1-6-8-9-10-11(7-2)12(3,4)5/h10H,6-9H2,1-5H3/b11-10-. The van der Waals surface area contributed by atoms with Gasteiger partial charge in [-0.2, -0.15) is 0 Å². The van der Waals surface area contributed by atoms with Gasteiger partial charge in [-0.25, -0.2) is 0 Å². The Morgan fingerprint density at radius 1 is 1.17 bits per heavy atom. The van der Waals surface area contributed by atoms with Gasteiger partial charge in [0.25, 0.3) is 0 Å². The van der Waals surface area contributed by atoms with Crippen LogP contribution in [0.1, 0.15) is 39.5 Å². The zero-order valence-corrected chi connectivity index (χ0v) is 10.4. The van der Waals surface area contributed by atoms with Crippen molar-refractivity contribution in [1.29, 1.82) is 0 Å². The summed E-state index contributed by atoms with van der Waals surface area (Å²) in [7, 11) is -0.976. The van der Waals surface area contributed by atoms with Crippen molar-refractivity contribution < 1.29 is 0 Å². The van der Waals surface area contributed by atoms with Gasteiger partial charge in [-0.1, -0.05) is 57.6 Å². The van der Waals surface area contributed by atoms with E-state index >= 15 is 0 Å². The largest absolute Gasteiger partial charge is 0.0892 e. The van der Waals surface area contributed by atoms with Gasteiger partial charge in [0, 0.05) is 0 Å². The molecule has 1 heteroatoms. The van der Waals surface area contributed by atoms with Gasteiger partial charge in [-0.05, 0) is 12.8 Å². The van der Waals surface area contributed by atoms with Crippen molar-refractivity contribution in [2.75, 3.05) is 0 Å². The Bertz CT molecular complexity index is 140. The second-order valence-corrected chi connectivity index (χ2v) is 9.62. The van der Waals surface area contributed by atoms with Crippen LogP contribution in [0.5, 0.6) is 0 Å². The fourth-order valence-corrected chi connectivity index (χ4v) is 3.28. The summed E-state index contributed by atoms with van der Waals surface area (Å²) in [6, 6.07) is 0. The molecule has 0 atom stereocenters. The van der Waals surface area contributed by atoms with E-state index < -0.39 is 8.07 Å². The Labute approximate surface area is 79.1 Å². The van der Waals surface area contributed by atoms with Crippen LogP contribution in [0.4, 0.5) is 0 Å². The van der Waals surface area contributed by atoms with E-state index in [0.29, 0.717) is 0 Å². The minimum atomic E-state index is -0.976. The maximum absolute atomic E-state index is 2.50. The van der Waals surface area contributed by atoms with E-state index in [0.717, 1.165) is 0 Å². The number of hydrogen-bond acceptors (Lipinski definition) is 0. The molecule has 0 N–H and O–H groups in total. The predicted octanol–water partition coefficient (Wildman–Crippen LogP) is 4.39. The predicted molar refractivity (Wildman–Crippen MR) is 61.2 cm³/mol. The van der Waals surface area contributed by atoms with Crippen molar-refractivity contribution in [3.05, 3.63) is 11.3 Å². The Morgan fingerprint density at radius 2 is 1.75 bits per heavy atom. The van der Waals surface area contributed by atoms with Crippen LogP contribution >= 0.6 is 0 Å². The highest BCUT2D eigenvalue weighted by molar-refractivity contribution is 6.83. The normalized spacial score (nSPS) is 13.6. The van der Waals surface area contributed by atoms with E-state index in [4.69, 9.17) is 0 Å². The molecular weight excluding hydrogens is 160 g/mol. The molecule has 0 unspecified atom stereocenters. The minimum absolute atomic E-state index is 0.976. The third-order valence-corrected chi connectivity index (χ3v) is 4.78. The molecule has 0 nitrogen and oxygen atoms in total. The van der Waals surface area contributed by atoms with Gasteiger partial charge in [0.05, 0.1) is 8.07 Å². The molecular formula is C11H24Si. The third kappa shape index (κ3) is 4.76. The monoisotopic (exact) mass is 184 g/mol. The fraction of sp³-hybridized carbons (Fsp3) is 0.818. The van der Waals surface area contributed by atoms with E-state index in [1.807, 2.05) is 0 Å². The first-order valence-corrected chi connectivity index (χ1v) is 8.71. The molecule has 0 radical (unpaired) electrons. The highest BCUT2D eigenvalue weighted by Gasteiger charge is 2.16. The summed E-state index contributed by atoms with van der Waals surface area (Å²) in [6.45, 7) is 11.9. The maximum atomic E-state index is 2.50. The van der Waals surface area contributed by atoms with Crippen molar-refractivity contribution in [2.45, 2.75) is 59.2 Å². The molecule has 0 saturated heterocycles. The fourth-order valence-electron chi connectivity index (χ4n) is 1.46. The van der Waals surface area contributed by atoms with Crippen LogP contribution in [0, 0.1) is 0 Å². The second kappa shape index (κ2) is 5.58. The summed E-state index contributed by atoms with van der Waals surface area (Å²) < 4.78 is 0. The Balaban J connectivity index is 4.05. The van der Waals surface area contributed by atoms with Gasteiger partial charge in [-0.15, -0.1) is 0 Å². The molecule has 0 aromatic heterocycles. The summed E-state index contributed by atoms with van der Waals surface area (Å²) in [5.74, 6) is 0. The lowest BCUT2D eigenvalue weighted by atomic mass is 10.2. The van der Waals surface area contributed by atoms with Crippen molar-refractivity contribution in [3.63, 3.8) is 0 Å². The van der Waals surface area contributed by atoms with Gasteiger partial charge in [0.1, 0.15) is 0 Å². The topological polar surface area (TPSA) is 0 Å². The molecule has 0 heterocycles. The quantitative estimate of drug-likeness (QED) is 0.439. The van der Waals surface area contributed by atoms with Crippen LogP contribution in [-0.2, 0) is 0 Å². The van der Waals surface area contributed by atoms with Crippen molar-refractivity contribution in [1.82, 2.24) is 0 Å². The lowest BCUT2D eigenvalue weighted by Crippen LogP contribution is -2.23. The highest BCUT2D eigenvalue weighted by Crippen LogP contribution is 2.18. The maximum Gasteiger partial charge on any atom is 0.0720 e. The Hall–Kier alpha value is -0.0431. The first-order chi connectivity index (χ1) is 5.52. The van der Waals surface area contributed by atoms with E-state index in [1.165, 1.54) is 25.7 Å². The molecule has 0 aromatic carbocycles. The number of hydrogen-bond donors (Lipinski definition) is 0. The highest BCUT2D eigenvalue weighted by atomic mass is 28.3. The second-order valence-electron chi connectivity index (χ2n) is 4.48. The molecule has 0 amide bonds.